The maximum absolute atomic E-state index is 11.2. The van der Waals surface area contributed by atoms with Crippen molar-refractivity contribution in [2.24, 2.45) is 0 Å². The molecule has 0 bridgehead atoms. The fourth-order valence-corrected chi connectivity index (χ4v) is 2.23. The molecule has 5 nitrogen and oxygen atoms in total. The van der Waals surface area contributed by atoms with Crippen molar-refractivity contribution in [1.29, 1.82) is 0 Å². The highest BCUT2D eigenvalue weighted by atomic mass is 32.1. The average molecular weight is 228 g/mol. The number of thiazole rings is 1. The molecule has 1 saturated heterocycles. The third-order valence-corrected chi connectivity index (χ3v) is 2.98. The molecule has 1 fully saturated rings. The van der Waals surface area contributed by atoms with Crippen LogP contribution in [-0.2, 0) is 9.53 Å². The number of hydrogen-bond acceptors (Lipinski definition) is 5. The van der Waals surface area contributed by atoms with Crippen molar-refractivity contribution in [2.75, 3.05) is 26.3 Å². The Hall–Kier alpha value is -0.980. The summed E-state index contributed by atoms with van der Waals surface area (Å²) in [6.07, 6.45) is 0. The van der Waals surface area contributed by atoms with Gasteiger partial charge in [0.15, 0.2) is 6.04 Å². The SMILES string of the molecule is O=C(O)C(c1cscn1)N1CCOCC1. The zero-order valence-corrected chi connectivity index (χ0v) is 8.94. The Balaban J connectivity index is 2.15. The molecule has 1 aromatic heterocycles. The van der Waals surface area contributed by atoms with Gasteiger partial charge in [-0.3, -0.25) is 9.69 Å². The molecule has 1 atom stereocenters. The molecule has 6 heteroatoms. The third-order valence-electron chi connectivity index (χ3n) is 2.38. The van der Waals surface area contributed by atoms with Crippen LogP contribution in [0.3, 0.4) is 0 Å². The van der Waals surface area contributed by atoms with Gasteiger partial charge in [0.1, 0.15) is 0 Å². The summed E-state index contributed by atoms with van der Waals surface area (Å²) in [5, 5.41) is 11.0. The van der Waals surface area contributed by atoms with Crippen LogP contribution in [0.1, 0.15) is 11.7 Å². The Morgan fingerprint density at radius 3 is 2.87 bits per heavy atom. The molecular formula is C9H12N2O3S. The minimum atomic E-state index is -0.845. The quantitative estimate of drug-likeness (QED) is 0.821. The summed E-state index contributed by atoms with van der Waals surface area (Å²) in [6, 6.07) is -0.625. The molecule has 0 amide bonds. The predicted molar refractivity (Wildman–Crippen MR) is 54.9 cm³/mol. The van der Waals surface area contributed by atoms with E-state index in [-0.39, 0.29) is 0 Å². The first kappa shape index (κ1) is 10.5. The first-order valence-electron chi connectivity index (χ1n) is 4.71. The Bertz CT molecular complexity index is 322. The number of carbonyl (C=O) groups is 1. The molecular weight excluding hydrogens is 216 g/mol. The summed E-state index contributed by atoms with van der Waals surface area (Å²) in [4.78, 5) is 17.1. The van der Waals surface area contributed by atoms with Gasteiger partial charge in [0.05, 0.1) is 24.4 Å². The fraction of sp³-hybridized carbons (Fsp3) is 0.556. The second kappa shape index (κ2) is 4.69. The van der Waals surface area contributed by atoms with E-state index in [2.05, 4.69) is 4.98 Å². The average Bonchev–Trinajstić information content (AvgIpc) is 2.72. The molecule has 0 aromatic carbocycles. The molecule has 1 unspecified atom stereocenters. The highest BCUT2D eigenvalue weighted by Gasteiger charge is 2.29. The number of aromatic nitrogens is 1. The van der Waals surface area contributed by atoms with Crippen LogP contribution in [0.25, 0.3) is 0 Å². The molecule has 1 aromatic rings. The van der Waals surface area contributed by atoms with Crippen molar-refractivity contribution in [2.45, 2.75) is 6.04 Å². The van der Waals surface area contributed by atoms with E-state index in [4.69, 9.17) is 4.74 Å². The van der Waals surface area contributed by atoms with Crippen molar-refractivity contribution in [3.8, 4) is 0 Å². The standard InChI is InChI=1S/C9H12N2O3S/c12-9(13)8(7-5-15-6-10-7)11-1-3-14-4-2-11/h5-6,8H,1-4H2,(H,12,13). The molecule has 1 aliphatic heterocycles. The Labute approximate surface area is 91.3 Å². The molecule has 1 aliphatic rings. The van der Waals surface area contributed by atoms with Crippen molar-refractivity contribution in [3.63, 3.8) is 0 Å². The highest BCUT2D eigenvalue weighted by Crippen LogP contribution is 2.21. The number of ether oxygens (including phenoxy) is 1. The summed E-state index contributed by atoms with van der Waals surface area (Å²) >= 11 is 1.42. The molecule has 0 aliphatic carbocycles. The van der Waals surface area contributed by atoms with Gasteiger partial charge in [-0.2, -0.15) is 0 Å². The minimum absolute atomic E-state index is 0.591. The summed E-state index contributed by atoms with van der Waals surface area (Å²) < 4.78 is 5.19. The topological polar surface area (TPSA) is 62.7 Å². The van der Waals surface area contributed by atoms with E-state index in [9.17, 15) is 9.90 Å². The van der Waals surface area contributed by atoms with Crippen LogP contribution in [0, 0.1) is 0 Å². The Morgan fingerprint density at radius 1 is 1.60 bits per heavy atom. The van der Waals surface area contributed by atoms with Gasteiger partial charge < -0.3 is 9.84 Å². The lowest BCUT2D eigenvalue weighted by molar-refractivity contribution is -0.145. The number of morpholine rings is 1. The number of carboxylic acids is 1. The van der Waals surface area contributed by atoms with E-state index in [0.717, 1.165) is 0 Å². The van der Waals surface area contributed by atoms with Gasteiger partial charge in [-0.1, -0.05) is 0 Å². The van der Waals surface area contributed by atoms with Gasteiger partial charge in [0.2, 0.25) is 0 Å². The van der Waals surface area contributed by atoms with Crippen LogP contribution in [0.4, 0.5) is 0 Å². The molecule has 2 heterocycles. The third kappa shape index (κ3) is 2.34. The summed E-state index contributed by atoms with van der Waals surface area (Å²) in [6.45, 7) is 2.48. The lowest BCUT2D eigenvalue weighted by atomic mass is 10.2. The molecule has 1 N–H and O–H groups in total. The van der Waals surface area contributed by atoms with Crippen LogP contribution < -0.4 is 0 Å². The van der Waals surface area contributed by atoms with E-state index >= 15 is 0 Å². The van der Waals surface area contributed by atoms with Crippen LogP contribution in [-0.4, -0.2) is 47.3 Å². The van der Waals surface area contributed by atoms with Crippen molar-refractivity contribution >= 4 is 17.3 Å². The highest BCUT2D eigenvalue weighted by molar-refractivity contribution is 7.07. The lowest BCUT2D eigenvalue weighted by Crippen LogP contribution is -2.42. The van der Waals surface area contributed by atoms with Gasteiger partial charge in [-0.15, -0.1) is 11.3 Å². The maximum Gasteiger partial charge on any atom is 0.327 e. The van der Waals surface area contributed by atoms with Gasteiger partial charge in [-0.25, -0.2) is 4.98 Å². The fourth-order valence-electron chi connectivity index (χ4n) is 1.66. The zero-order valence-electron chi connectivity index (χ0n) is 8.13. The Morgan fingerprint density at radius 2 is 2.33 bits per heavy atom. The summed E-state index contributed by atoms with van der Waals surface area (Å²) in [7, 11) is 0. The largest absolute Gasteiger partial charge is 0.480 e. The van der Waals surface area contributed by atoms with Crippen molar-refractivity contribution in [3.05, 3.63) is 16.6 Å². The molecule has 2 rings (SSSR count). The second-order valence-corrected chi connectivity index (χ2v) is 4.02. The van der Waals surface area contributed by atoms with Gasteiger partial charge in [-0.05, 0) is 0 Å². The first-order chi connectivity index (χ1) is 7.29. The second-order valence-electron chi connectivity index (χ2n) is 3.30. The van der Waals surface area contributed by atoms with Gasteiger partial charge >= 0.3 is 5.97 Å². The van der Waals surface area contributed by atoms with Crippen LogP contribution in [0.2, 0.25) is 0 Å². The molecule has 82 valence electrons. The number of carboxylic acid groups (broad SMARTS) is 1. The van der Waals surface area contributed by atoms with E-state index in [1.807, 2.05) is 4.90 Å². The maximum atomic E-state index is 11.2. The van der Waals surface area contributed by atoms with Crippen LogP contribution in [0.15, 0.2) is 10.9 Å². The lowest BCUT2D eigenvalue weighted by Gasteiger charge is -2.30. The molecule has 0 spiro atoms. The van der Waals surface area contributed by atoms with E-state index in [0.29, 0.717) is 32.0 Å². The van der Waals surface area contributed by atoms with E-state index < -0.39 is 12.0 Å². The predicted octanol–water partition coefficient (Wildman–Crippen LogP) is 0.601. The van der Waals surface area contributed by atoms with Crippen LogP contribution >= 0.6 is 11.3 Å². The van der Waals surface area contributed by atoms with Crippen LogP contribution in [0.5, 0.6) is 0 Å². The summed E-state index contributed by atoms with van der Waals surface area (Å²) in [5.74, 6) is -0.845. The number of aliphatic carboxylic acids is 1. The van der Waals surface area contributed by atoms with Gasteiger partial charge in [0, 0.05) is 18.5 Å². The normalized spacial score (nSPS) is 20.0. The number of hydrogen-bond donors (Lipinski definition) is 1. The van der Waals surface area contributed by atoms with Gasteiger partial charge in [0.25, 0.3) is 0 Å². The van der Waals surface area contributed by atoms with E-state index in [1.165, 1.54) is 11.3 Å². The minimum Gasteiger partial charge on any atom is -0.480 e. The summed E-state index contributed by atoms with van der Waals surface area (Å²) in [5.41, 5.74) is 2.28. The molecule has 0 saturated carbocycles. The number of nitrogens with zero attached hydrogens (tertiary/aromatic N) is 2. The van der Waals surface area contributed by atoms with Crippen molar-refractivity contribution < 1.29 is 14.6 Å². The number of rotatable bonds is 3. The zero-order chi connectivity index (χ0) is 10.7. The molecule has 15 heavy (non-hydrogen) atoms. The Kier molecular flexibility index (Phi) is 3.30. The monoisotopic (exact) mass is 228 g/mol. The smallest absolute Gasteiger partial charge is 0.327 e. The molecule has 0 radical (unpaired) electrons. The van der Waals surface area contributed by atoms with E-state index in [1.54, 1.807) is 10.9 Å². The van der Waals surface area contributed by atoms with Crippen molar-refractivity contribution in [1.82, 2.24) is 9.88 Å². The first-order valence-corrected chi connectivity index (χ1v) is 5.66.